The Bertz CT molecular complexity index is 810. The van der Waals surface area contributed by atoms with E-state index in [0.29, 0.717) is 43.3 Å². The molecule has 1 N–H and O–H groups in total. The molecular formula is C14H16N3O4S2-. The molecule has 0 unspecified atom stereocenters. The van der Waals surface area contributed by atoms with Crippen LogP contribution >= 0.6 is 11.7 Å². The maximum atomic E-state index is 12.5. The minimum absolute atomic E-state index is 0.132. The quantitative estimate of drug-likeness (QED) is 0.838. The van der Waals surface area contributed by atoms with Crippen molar-refractivity contribution < 1.29 is 18.3 Å². The van der Waals surface area contributed by atoms with Crippen molar-refractivity contribution in [1.29, 1.82) is 0 Å². The summed E-state index contributed by atoms with van der Waals surface area (Å²) in [6.45, 7) is 0.302. The second-order valence-electron chi connectivity index (χ2n) is 5.78. The van der Waals surface area contributed by atoms with Gasteiger partial charge in [-0.3, -0.25) is 0 Å². The molecule has 23 heavy (non-hydrogen) atoms. The molecule has 1 fully saturated rings. The Morgan fingerprint density at radius 2 is 2.00 bits per heavy atom. The van der Waals surface area contributed by atoms with E-state index in [1.807, 2.05) is 0 Å². The van der Waals surface area contributed by atoms with Gasteiger partial charge in [-0.15, -0.1) is 0 Å². The Morgan fingerprint density at radius 3 is 2.70 bits per heavy atom. The van der Waals surface area contributed by atoms with Gasteiger partial charge in [0.05, 0.1) is 11.7 Å². The molecule has 7 nitrogen and oxygen atoms in total. The highest BCUT2D eigenvalue weighted by Gasteiger charge is 2.25. The van der Waals surface area contributed by atoms with E-state index in [-0.39, 0.29) is 10.8 Å². The van der Waals surface area contributed by atoms with Crippen molar-refractivity contribution in [2.75, 3.05) is 6.54 Å². The molecule has 0 bridgehead atoms. The summed E-state index contributed by atoms with van der Waals surface area (Å²) >= 11 is 0.978. The number of fused-ring (bicyclic) bond motifs is 1. The lowest BCUT2D eigenvalue weighted by molar-refractivity contribution is -0.312. The van der Waals surface area contributed by atoms with E-state index < -0.39 is 21.9 Å². The monoisotopic (exact) mass is 354 g/mol. The van der Waals surface area contributed by atoms with Gasteiger partial charge in [0, 0.05) is 12.5 Å². The Morgan fingerprint density at radius 1 is 1.26 bits per heavy atom. The molecule has 1 aromatic carbocycles. The third-order valence-corrected chi connectivity index (χ3v) is 6.28. The molecule has 1 saturated carbocycles. The van der Waals surface area contributed by atoms with Crippen molar-refractivity contribution in [3.8, 4) is 0 Å². The Kier molecular flexibility index (Phi) is 4.60. The smallest absolute Gasteiger partial charge is 0.242 e. The molecule has 1 aromatic heterocycles. The van der Waals surface area contributed by atoms with Crippen LogP contribution in [0, 0.1) is 11.8 Å². The molecule has 0 aliphatic heterocycles. The predicted molar refractivity (Wildman–Crippen MR) is 83.1 cm³/mol. The summed E-state index contributed by atoms with van der Waals surface area (Å²) in [6, 6.07) is 4.88. The number of aliphatic carboxylic acids is 1. The number of hydrogen-bond acceptors (Lipinski definition) is 7. The van der Waals surface area contributed by atoms with Crippen molar-refractivity contribution in [3.05, 3.63) is 18.2 Å². The molecule has 9 heteroatoms. The first-order valence-electron chi connectivity index (χ1n) is 7.39. The number of carbonyl (C=O) groups is 1. The van der Waals surface area contributed by atoms with Crippen LogP contribution in [-0.4, -0.2) is 29.7 Å². The first-order chi connectivity index (χ1) is 11.0. The molecule has 0 radical (unpaired) electrons. The number of carboxylic acid groups (broad SMARTS) is 1. The highest BCUT2D eigenvalue weighted by molar-refractivity contribution is 7.89. The maximum Gasteiger partial charge on any atom is 0.242 e. The van der Waals surface area contributed by atoms with Gasteiger partial charge in [-0.1, -0.05) is 6.07 Å². The van der Waals surface area contributed by atoms with E-state index in [9.17, 15) is 18.3 Å². The predicted octanol–water partition coefficient (Wildman–Crippen LogP) is 0.526. The van der Waals surface area contributed by atoms with Gasteiger partial charge in [-0.25, -0.2) is 13.1 Å². The van der Waals surface area contributed by atoms with Crippen LogP contribution in [0.25, 0.3) is 11.0 Å². The summed E-state index contributed by atoms with van der Waals surface area (Å²) < 4.78 is 35.7. The molecule has 1 heterocycles. The second kappa shape index (κ2) is 6.50. The normalized spacial score (nSPS) is 22.3. The number of benzene rings is 1. The van der Waals surface area contributed by atoms with Crippen molar-refractivity contribution in [2.24, 2.45) is 11.8 Å². The number of carbonyl (C=O) groups excluding carboxylic acids is 1. The van der Waals surface area contributed by atoms with E-state index in [1.165, 1.54) is 6.07 Å². The highest BCUT2D eigenvalue weighted by atomic mass is 32.2. The number of nitrogens with zero attached hydrogens (tertiary/aromatic N) is 2. The lowest BCUT2D eigenvalue weighted by Crippen LogP contribution is -2.36. The zero-order chi connectivity index (χ0) is 16.4. The number of carboxylic acids is 1. The van der Waals surface area contributed by atoms with Crippen molar-refractivity contribution in [2.45, 2.75) is 30.6 Å². The van der Waals surface area contributed by atoms with E-state index in [2.05, 4.69) is 13.5 Å². The van der Waals surface area contributed by atoms with Gasteiger partial charge in [0.2, 0.25) is 10.0 Å². The van der Waals surface area contributed by atoms with Crippen LogP contribution in [0.5, 0.6) is 0 Å². The average Bonchev–Trinajstić information content (AvgIpc) is 3.01. The van der Waals surface area contributed by atoms with E-state index in [1.54, 1.807) is 12.1 Å². The maximum absolute atomic E-state index is 12.5. The van der Waals surface area contributed by atoms with Crippen molar-refractivity contribution >= 4 is 38.8 Å². The van der Waals surface area contributed by atoms with Gasteiger partial charge < -0.3 is 9.90 Å². The van der Waals surface area contributed by atoms with Gasteiger partial charge >= 0.3 is 0 Å². The fourth-order valence-electron chi connectivity index (χ4n) is 2.91. The van der Waals surface area contributed by atoms with Crippen molar-refractivity contribution in [1.82, 2.24) is 13.5 Å². The van der Waals surface area contributed by atoms with Crippen LogP contribution in [0.2, 0.25) is 0 Å². The van der Waals surface area contributed by atoms with Crippen LogP contribution in [-0.2, 0) is 14.8 Å². The summed E-state index contributed by atoms with van der Waals surface area (Å²) in [5.74, 6) is -1.27. The Labute approximate surface area is 138 Å². The number of sulfonamides is 1. The zero-order valence-electron chi connectivity index (χ0n) is 12.3. The summed E-state index contributed by atoms with van der Waals surface area (Å²) in [5.41, 5.74) is 0.943. The van der Waals surface area contributed by atoms with Crippen LogP contribution in [0.4, 0.5) is 0 Å². The van der Waals surface area contributed by atoms with Crippen LogP contribution in [0.3, 0.4) is 0 Å². The third-order valence-electron chi connectivity index (χ3n) is 4.28. The number of rotatable bonds is 5. The first-order valence-corrected chi connectivity index (χ1v) is 9.60. The number of hydrogen-bond donors (Lipinski definition) is 1. The van der Waals surface area contributed by atoms with E-state index in [0.717, 1.165) is 11.7 Å². The van der Waals surface area contributed by atoms with Crippen LogP contribution in [0.15, 0.2) is 23.1 Å². The zero-order valence-corrected chi connectivity index (χ0v) is 13.9. The minimum atomic E-state index is -3.66. The van der Waals surface area contributed by atoms with Crippen LogP contribution < -0.4 is 9.83 Å². The number of nitrogens with one attached hydrogen (secondary N) is 1. The molecule has 2 aromatic rings. The lowest BCUT2D eigenvalue weighted by Gasteiger charge is -2.29. The van der Waals surface area contributed by atoms with Gasteiger partial charge in [-0.05, 0) is 49.7 Å². The molecule has 124 valence electrons. The second-order valence-corrected chi connectivity index (χ2v) is 8.04. The number of aromatic nitrogens is 2. The first kappa shape index (κ1) is 16.3. The lowest BCUT2D eigenvalue weighted by atomic mass is 9.82. The van der Waals surface area contributed by atoms with Crippen molar-refractivity contribution in [3.63, 3.8) is 0 Å². The Balaban J connectivity index is 1.66. The summed E-state index contributed by atoms with van der Waals surface area (Å²) in [6.07, 6.45) is 2.45. The molecule has 1 aliphatic rings. The van der Waals surface area contributed by atoms with Gasteiger partial charge in [-0.2, -0.15) is 8.75 Å². The molecule has 3 rings (SSSR count). The minimum Gasteiger partial charge on any atom is -0.550 e. The van der Waals surface area contributed by atoms with Gasteiger partial charge in [0.1, 0.15) is 15.9 Å². The van der Waals surface area contributed by atoms with Crippen LogP contribution in [0.1, 0.15) is 25.7 Å². The fourth-order valence-corrected chi connectivity index (χ4v) is 4.79. The third kappa shape index (κ3) is 3.51. The highest BCUT2D eigenvalue weighted by Crippen LogP contribution is 2.28. The molecule has 1 aliphatic carbocycles. The largest absolute Gasteiger partial charge is 0.550 e. The van der Waals surface area contributed by atoms with Gasteiger partial charge in [0.25, 0.3) is 0 Å². The molecule has 0 amide bonds. The standard InChI is InChI=1S/C14H17N3O4S2/c18-14(19)10-6-4-9(5-7-10)8-15-23(20,21)12-3-1-2-11-13(12)17-22-16-11/h1-3,9-10,15H,4-8H2,(H,18,19)/p-1. The summed E-state index contributed by atoms with van der Waals surface area (Å²) in [7, 11) is -3.66. The summed E-state index contributed by atoms with van der Waals surface area (Å²) in [5, 5.41) is 10.8. The molecular weight excluding hydrogens is 338 g/mol. The SMILES string of the molecule is O=C([O-])C1CCC(CNS(=O)(=O)c2cccc3nsnc23)CC1. The average molecular weight is 354 g/mol. The summed E-state index contributed by atoms with van der Waals surface area (Å²) in [4.78, 5) is 11.0. The topological polar surface area (TPSA) is 112 Å². The van der Waals surface area contributed by atoms with Gasteiger partial charge in [0.15, 0.2) is 0 Å². The molecule has 0 atom stereocenters. The fraction of sp³-hybridized carbons (Fsp3) is 0.500. The molecule has 0 spiro atoms. The molecule has 0 saturated heterocycles. The Hall–Kier alpha value is -1.58. The van der Waals surface area contributed by atoms with E-state index >= 15 is 0 Å². The van der Waals surface area contributed by atoms with E-state index in [4.69, 9.17) is 0 Å².